The van der Waals surface area contributed by atoms with Crippen molar-refractivity contribution in [3.8, 4) is 0 Å². The van der Waals surface area contributed by atoms with Gasteiger partial charge in [0.15, 0.2) is 18.2 Å². The van der Waals surface area contributed by atoms with Crippen molar-refractivity contribution in [3.63, 3.8) is 0 Å². The molecular weight excluding hydrogens is 308 g/mol. The van der Waals surface area contributed by atoms with Gasteiger partial charge >= 0.3 is 0 Å². The number of piperidine rings is 1. The lowest BCUT2D eigenvalue weighted by atomic mass is 9.94. The van der Waals surface area contributed by atoms with E-state index in [9.17, 15) is 10.0 Å². The Morgan fingerprint density at radius 1 is 1.42 bits per heavy atom. The third kappa shape index (κ3) is 3.25. The Morgan fingerprint density at radius 3 is 3.08 bits per heavy atom. The van der Waals surface area contributed by atoms with Crippen LogP contribution >= 0.6 is 0 Å². The van der Waals surface area contributed by atoms with E-state index in [1.165, 1.54) is 12.4 Å². The number of amides is 1. The molecule has 0 aromatic carbocycles. The standard InChI is InChI=1S/C17H20N4O3/c22-17(14-4-2-8-21(23)11-14)20-7-1-3-12(10-20)9-15-18-16(19-24-15)13-5-6-13/h2,4,8,11-13H,1,3,5-7,9-10H2/t12-/m1/s1. The van der Waals surface area contributed by atoms with Crippen LogP contribution < -0.4 is 4.73 Å². The first-order valence-corrected chi connectivity index (χ1v) is 8.49. The number of aromatic nitrogens is 3. The van der Waals surface area contributed by atoms with Gasteiger partial charge in [0, 0.05) is 31.5 Å². The smallest absolute Gasteiger partial charge is 0.259 e. The van der Waals surface area contributed by atoms with Crippen molar-refractivity contribution >= 4 is 5.91 Å². The van der Waals surface area contributed by atoms with E-state index in [4.69, 9.17) is 4.52 Å². The third-order valence-electron chi connectivity index (χ3n) is 4.72. The van der Waals surface area contributed by atoms with Gasteiger partial charge in [-0.25, -0.2) is 0 Å². The van der Waals surface area contributed by atoms with Gasteiger partial charge in [0.05, 0.1) is 0 Å². The molecule has 1 atom stereocenters. The van der Waals surface area contributed by atoms with E-state index >= 15 is 0 Å². The summed E-state index contributed by atoms with van der Waals surface area (Å²) >= 11 is 0. The molecule has 1 saturated heterocycles. The van der Waals surface area contributed by atoms with E-state index < -0.39 is 0 Å². The Morgan fingerprint density at radius 2 is 2.29 bits per heavy atom. The summed E-state index contributed by atoms with van der Waals surface area (Å²) in [5, 5.41) is 15.4. The van der Waals surface area contributed by atoms with E-state index in [2.05, 4.69) is 10.1 Å². The van der Waals surface area contributed by atoms with Crippen LogP contribution in [0.5, 0.6) is 0 Å². The lowest BCUT2D eigenvalue weighted by molar-refractivity contribution is -0.605. The van der Waals surface area contributed by atoms with Crippen molar-refractivity contribution in [1.82, 2.24) is 15.0 Å². The second kappa shape index (κ2) is 6.22. The van der Waals surface area contributed by atoms with Crippen molar-refractivity contribution < 1.29 is 14.0 Å². The molecule has 4 rings (SSSR count). The van der Waals surface area contributed by atoms with Gasteiger partial charge < -0.3 is 14.6 Å². The zero-order valence-electron chi connectivity index (χ0n) is 13.4. The Bertz CT molecular complexity index is 741. The summed E-state index contributed by atoms with van der Waals surface area (Å²) < 4.78 is 6.01. The fourth-order valence-corrected chi connectivity index (χ4v) is 3.29. The molecule has 0 N–H and O–H groups in total. The van der Waals surface area contributed by atoms with Crippen molar-refractivity contribution in [2.24, 2.45) is 5.92 Å². The van der Waals surface area contributed by atoms with Crippen molar-refractivity contribution in [1.29, 1.82) is 0 Å². The number of carbonyl (C=O) groups is 1. The van der Waals surface area contributed by atoms with Gasteiger partial charge in [0.1, 0.15) is 5.56 Å². The number of hydrogen-bond donors (Lipinski definition) is 0. The first-order chi connectivity index (χ1) is 11.7. The number of hydrogen-bond acceptors (Lipinski definition) is 5. The summed E-state index contributed by atoms with van der Waals surface area (Å²) in [7, 11) is 0. The van der Waals surface area contributed by atoms with Crippen LogP contribution in [-0.2, 0) is 6.42 Å². The summed E-state index contributed by atoms with van der Waals surface area (Å²) in [5.41, 5.74) is 0.432. The molecule has 2 aromatic heterocycles. The summed E-state index contributed by atoms with van der Waals surface area (Å²) in [4.78, 5) is 18.9. The molecule has 0 unspecified atom stereocenters. The largest absolute Gasteiger partial charge is 0.619 e. The normalized spacial score (nSPS) is 21.0. The number of pyridine rings is 1. The molecule has 1 amide bonds. The minimum absolute atomic E-state index is 0.0888. The highest BCUT2D eigenvalue weighted by Gasteiger charge is 2.30. The molecule has 1 saturated carbocycles. The van der Waals surface area contributed by atoms with E-state index in [0.717, 1.165) is 38.1 Å². The van der Waals surface area contributed by atoms with Crippen LogP contribution in [0.4, 0.5) is 0 Å². The fourth-order valence-electron chi connectivity index (χ4n) is 3.29. The number of likely N-dealkylation sites (tertiary alicyclic amines) is 1. The molecule has 1 aliphatic carbocycles. The van der Waals surface area contributed by atoms with E-state index in [1.807, 2.05) is 4.90 Å². The lowest BCUT2D eigenvalue weighted by Crippen LogP contribution is -2.41. The van der Waals surface area contributed by atoms with Crippen molar-refractivity contribution in [3.05, 3.63) is 47.0 Å². The second-order valence-corrected chi connectivity index (χ2v) is 6.74. The molecule has 7 nitrogen and oxygen atoms in total. The highest BCUT2D eigenvalue weighted by molar-refractivity contribution is 5.93. The summed E-state index contributed by atoms with van der Waals surface area (Å²) in [6.07, 6.45) is 7.71. The Hall–Kier alpha value is -2.44. The molecule has 126 valence electrons. The van der Waals surface area contributed by atoms with Crippen LogP contribution in [0.3, 0.4) is 0 Å². The molecular formula is C17H20N4O3. The molecule has 24 heavy (non-hydrogen) atoms. The maximum Gasteiger partial charge on any atom is 0.259 e. The first-order valence-electron chi connectivity index (χ1n) is 8.49. The van der Waals surface area contributed by atoms with Gasteiger partial charge in [-0.15, -0.1) is 0 Å². The van der Waals surface area contributed by atoms with Crippen LogP contribution in [0.1, 0.15) is 53.7 Å². The van der Waals surface area contributed by atoms with E-state index in [1.54, 1.807) is 12.1 Å². The third-order valence-corrected chi connectivity index (χ3v) is 4.72. The molecule has 0 spiro atoms. The van der Waals surface area contributed by atoms with Gasteiger partial charge in [0.2, 0.25) is 5.89 Å². The molecule has 0 radical (unpaired) electrons. The minimum atomic E-state index is -0.0888. The summed E-state index contributed by atoms with van der Waals surface area (Å²) in [5.74, 6) is 2.22. The SMILES string of the molecule is O=C(c1ccc[n+]([O-])c1)N1CCC[C@H](Cc2nc(C3CC3)no2)C1. The molecule has 2 aliphatic rings. The quantitative estimate of drug-likeness (QED) is 0.629. The lowest BCUT2D eigenvalue weighted by Gasteiger charge is -2.32. The van der Waals surface area contributed by atoms with Crippen LogP contribution in [0.15, 0.2) is 29.0 Å². The first kappa shape index (κ1) is 15.1. The predicted molar refractivity (Wildman–Crippen MR) is 84.0 cm³/mol. The average Bonchev–Trinajstić information content (AvgIpc) is 3.34. The predicted octanol–water partition coefficient (Wildman–Crippen LogP) is 1.68. The molecule has 7 heteroatoms. The van der Waals surface area contributed by atoms with E-state index in [0.29, 0.717) is 41.0 Å². The van der Waals surface area contributed by atoms with Gasteiger partial charge in [-0.05, 0) is 37.7 Å². The molecule has 2 fully saturated rings. The maximum atomic E-state index is 12.6. The van der Waals surface area contributed by atoms with Gasteiger partial charge in [-0.2, -0.15) is 9.71 Å². The Balaban J connectivity index is 1.40. The van der Waals surface area contributed by atoms with Crippen LogP contribution in [0.2, 0.25) is 0 Å². The second-order valence-electron chi connectivity index (χ2n) is 6.74. The molecule has 0 bridgehead atoms. The zero-order valence-corrected chi connectivity index (χ0v) is 13.4. The van der Waals surface area contributed by atoms with Crippen LogP contribution in [0, 0.1) is 11.1 Å². The molecule has 3 heterocycles. The highest BCUT2D eigenvalue weighted by Crippen LogP contribution is 2.38. The zero-order chi connectivity index (χ0) is 16.5. The average molecular weight is 328 g/mol. The number of carbonyl (C=O) groups excluding carboxylic acids is 1. The van der Waals surface area contributed by atoms with Gasteiger partial charge in [0.25, 0.3) is 5.91 Å². The maximum absolute atomic E-state index is 12.6. The van der Waals surface area contributed by atoms with Gasteiger partial charge in [-0.1, -0.05) is 5.16 Å². The Kier molecular flexibility index (Phi) is 3.92. The molecule has 2 aromatic rings. The highest BCUT2D eigenvalue weighted by atomic mass is 16.5. The minimum Gasteiger partial charge on any atom is -0.619 e. The fraction of sp³-hybridized carbons (Fsp3) is 0.529. The van der Waals surface area contributed by atoms with Crippen LogP contribution in [-0.4, -0.2) is 34.0 Å². The summed E-state index contributed by atoms with van der Waals surface area (Å²) in [6.45, 7) is 1.38. The van der Waals surface area contributed by atoms with Crippen LogP contribution in [0.25, 0.3) is 0 Å². The molecule has 1 aliphatic heterocycles. The van der Waals surface area contributed by atoms with Crippen molar-refractivity contribution in [2.45, 2.75) is 38.0 Å². The number of nitrogens with zero attached hydrogens (tertiary/aromatic N) is 4. The van der Waals surface area contributed by atoms with Gasteiger partial charge in [-0.3, -0.25) is 4.79 Å². The monoisotopic (exact) mass is 328 g/mol. The topological polar surface area (TPSA) is 86.2 Å². The number of rotatable bonds is 4. The summed E-state index contributed by atoms with van der Waals surface area (Å²) in [6, 6.07) is 3.28. The van der Waals surface area contributed by atoms with E-state index in [-0.39, 0.29) is 5.91 Å². The Labute approximate surface area is 139 Å². The van der Waals surface area contributed by atoms with Crippen molar-refractivity contribution in [2.75, 3.05) is 13.1 Å².